The van der Waals surface area contributed by atoms with E-state index in [0.29, 0.717) is 11.1 Å². The zero-order valence-electron chi connectivity index (χ0n) is 12.4. The van der Waals surface area contributed by atoms with Crippen molar-refractivity contribution in [2.24, 2.45) is 0 Å². The molecule has 0 aliphatic heterocycles. The van der Waals surface area contributed by atoms with Crippen LogP contribution in [0.5, 0.6) is 0 Å². The van der Waals surface area contributed by atoms with E-state index in [1.54, 1.807) is 6.92 Å². The summed E-state index contributed by atoms with van der Waals surface area (Å²) in [5.74, 6) is -0.537. The minimum Gasteiger partial charge on any atom is -0.360 e. The van der Waals surface area contributed by atoms with Crippen molar-refractivity contribution in [3.05, 3.63) is 64.1 Å². The molecule has 0 fully saturated rings. The van der Waals surface area contributed by atoms with Gasteiger partial charge >= 0.3 is 0 Å². The lowest BCUT2D eigenvalue weighted by molar-refractivity contribution is -0.384. The molecule has 1 aromatic heterocycles. The molecule has 0 aliphatic rings. The van der Waals surface area contributed by atoms with Crippen molar-refractivity contribution in [3.8, 4) is 0 Å². The Morgan fingerprint density at radius 2 is 1.96 bits per heavy atom. The third kappa shape index (κ3) is 2.81. The van der Waals surface area contributed by atoms with Crippen molar-refractivity contribution in [3.63, 3.8) is 0 Å². The summed E-state index contributed by atoms with van der Waals surface area (Å²) in [5, 5.41) is 11.1. The van der Waals surface area contributed by atoms with Crippen LogP contribution in [0.15, 0.2) is 47.5 Å². The quantitative estimate of drug-likeness (QED) is 0.557. The SMILES string of the molecule is Cc1ccc(NS(=O)(=O)c2c[nH]c3ccc([N+](=O)[O-])cc23)cc1F. The third-order valence-corrected chi connectivity index (χ3v) is 4.97. The van der Waals surface area contributed by atoms with E-state index in [-0.39, 0.29) is 21.7 Å². The van der Waals surface area contributed by atoms with Crippen LogP contribution in [0, 0.1) is 22.9 Å². The maximum absolute atomic E-state index is 13.6. The molecule has 0 amide bonds. The molecule has 3 rings (SSSR count). The summed E-state index contributed by atoms with van der Waals surface area (Å²) in [6.45, 7) is 1.56. The fourth-order valence-electron chi connectivity index (χ4n) is 2.29. The van der Waals surface area contributed by atoms with Crippen molar-refractivity contribution in [1.82, 2.24) is 4.98 Å². The monoisotopic (exact) mass is 349 g/mol. The molecule has 0 spiro atoms. The lowest BCUT2D eigenvalue weighted by atomic mass is 10.2. The van der Waals surface area contributed by atoms with Gasteiger partial charge in [0.1, 0.15) is 10.7 Å². The molecule has 0 aliphatic carbocycles. The van der Waals surface area contributed by atoms with Crippen LogP contribution in [0.2, 0.25) is 0 Å². The first-order valence-electron chi connectivity index (χ1n) is 6.82. The molecule has 2 aromatic carbocycles. The molecular weight excluding hydrogens is 337 g/mol. The van der Waals surface area contributed by atoms with Gasteiger partial charge in [0.2, 0.25) is 0 Å². The second-order valence-electron chi connectivity index (χ2n) is 5.21. The highest BCUT2D eigenvalue weighted by Gasteiger charge is 2.21. The van der Waals surface area contributed by atoms with Crippen molar-refractivity contribution in [2.45, 2.75) is 11.8 Å². The third-order valence-electron chi connectivity index (χ3n) is 3.55. The number of non-ortho nitro benzene ring substituents is 1. The molecule has 124 valence electrons. The number of nitrogens with one attached hydrogen (secondary N) is 2. The number of benzene rings is 2. The fraction of sp³-hybridized carbons (Fsp3) is 0.0667. The van der Waals surface area contributed by atoms with Crippen LogP contribution in [-0.2, 0) is 10.0 Å². The normalized spacial score (nSPS) is 11.6. The topological polar surface area (TPSA) is 105 Å². The largest absolute Gasteiger partial charge is 0.360 e. The number of aromatic amines is 1. The van der Waals surface area contributed by atoms with Gasteiger partial charge in [0, 0.05) is 29.2 Å². The molecule has 1 heterocycles. The minimum atomic E-state index is -4.04. The summed E-state index contributed by atoms with van der Waals surface area (Å²) in [7, 11) is -4.04. The minimum absolute atomic E-state index is 0.0675. The highest BCUT2D eigenvalue weighted by molar-refractivity contribution is 7.93. The number of nitrogens with zero attached hydrogens (tertiary/aromatic N) is 1. The summed E-state index contributed by atoms with van der Waals surface area (Å²) >= 11 is 0. The number of hydrogen-bond acceptors (Lipinski definition) is 4. The lowest BCUT2D eigenvalue weighted by Gasteiger charge is -2.08. The first kappa shape index (κ1) is 15.9. The van der Waals surface area contributed by atoms with Gasteiger partial charge in [-0.2, -0.15) is 0 Å². The Balaban J connectivity index is 2.06. The van der Waals surface area contributed by atoms with E-state index in [1.165, 1.54) is 36.5 Å². The number of anilines is 1. The average molecular weight is 349 g/mol. The first-order valence-corrected chi connectivity index (χ1v) is 8.31. The van der Waals surface area contributed by atoms with Gasteiger partial charge in [-0.15, -0.1) is 0 Å². The predicted molar refractivity (Wildman–Crippen MR) is 86.9 cm³/mol. The summed E-state index contributed by atoms with van der Waals surface area (Å²) in [5.41, 5.74) is 0.675. The number of aromatic nitrogens is 1. The molecule has 0 bridgehead atoms. The molecule has 7 nitrogen and oxygen atoms in total. The van der Waals surface area contributed by atoms with Crippen LogP contribution in [0.3, 0.4) is 0 Å². The van der Waals surface area contributed by atoms with Gasteiger partial charge in [0.05, 0.1) is 10.6 Å². The van der Waals surface area contributed by atoms with Crippen molar-refractivity contribution in [2.75, 3.05) is 4.72 Å². The van der Waals surface area contributed by atoms with Crippen LogP contribution in [0.25, 0.3) is 10.9 Å². The van der Waals surface area contributed by atoms with Gasteiger partial charge in [-0.1, -0.05) is 6.07 Å². The molecule has 9 heteroatoms. The lowest BCUT2D eigenvalue weighted by Crippen LogP contribution is -2.12. The number of nitro groups is 1. The summed E-state index contributed by atoms with van der Waals surface area (Å²) in [6, 6.07) is 7.84. The zero-order chi connectivity index (χ0) is 17.5. The van der Waals surface area contributed by atoms with Crippen LogP contribution < -0.4 is 4.72 Å². The van der Waals surface area contributed by atoms with Crippen LogP contribution in [0.4, 0.5) is 15.8 Å². The highest BCUT2D eigenvalue weighted by Crippen LogP contribution is 2.28. The Morgan fingerprint density at radius 3 is 2.62 bits per heavy atom. The Bertz CT molecular complexity index is 1060. The van der Waals surface area contributed by atoms with Crippen LogP contribution in [-0.4, -0.2) is 18.3 Å². The molecule has 0 radical (unpaired) electrons. The van der Waals surface area contributed by atoms with E-state index in [1.807, 2.05) is 0 Å². The number of fused-ring (bicyclic) bond motifs is 1. The smallest absolute Gasteiger partial charge is 0.270 e. The molecular formula is C15H12FN3O4S. The Morgan fingerprint density at radius 1 is 1.21 bits per heavy atom. The van der Waals surface area contributed by atoms with E-state index < -0.39 is 20.8 Å². The first-order chi connectivity index (χ1) is 11.3. The standard InChI is InChI=1S/C15H12FN3O4S/c1-9-2-3-10(6-13(9)16)18-24(22,23)15-8-17-14-5-4-11(19(20)21)7-12(14)15/h2-8,17-18H,1H3. The molecule has 0 atom stereocenters. The number of rotatable bonds is 4. The second kappa shape index (κ2) is 5.60. The Hall–Kier alpha value is -2.94. The average Bonchev–Trinajstić information content (AvgIpc) is 2.94. The molecule has 0 saturated heterocycles. The Labute approximate surface area is 136 Å². The maximum atomic E-state index is 13.6. The van der Waals surface area contributed by atoms with E-state index in [0.717, 1.165) is 6.07 Å². The van der Waals surface area contributed by atoms with E-state index in [9.17, 15) is 22.9 Å². The molecule has 24 heavy (non-hydrogen) atoms. The number of hydrogen-bond donors (Lipinski definition) is 2. The highest BCUT2D eigenvalue weighted by atomic mass is 32.2. The van der Waals surface area contributed by atoms with Gasteiger partial charge in [-0.3, -0.25) is 14.8 Å². The fourth-order valence-corrected chi connectivity index (χ4v) is 3.51. The van der Waals surface area contributed by atoms with Crippen LogP contribution >= 0.6 is 0 Å². The van der Waals surface area contributed by atoms with Gasteiger partial charge in [-0.05, 0) is 30.7 Å². The molecule has 0 unspecified atom stereocenters. The summed E-state index contributed by atoms with van der Waals surface area (Å²) in [6.07, 6.45) is 1.24. The van der Waals surface area contributed by atoms with Crippen molar-refractivity contribution in [1.29, 1.82) is 0 Å². The van der Waals surface area contributed by atoms with Gasteiger partial charge in [-0.25, -0.2) is 12.8 Å². The maximum Gasteiger partial charge on any atom is 0.270 e. The number of nitro benzene ring substituents is 1. The zero-order valence-corrected chi connectivity index (χ0v) is 13.2. The van der Waals surface area contributed by atoms with Crippen molar-refractivity contribution >= 4 is 32.3 Å². The van der Waals surface area contributed by atoms with E-state index >= 15 is 0 Å². The van der Waals surface area contributed by atoms with Gasteiger partial charge in [0.25, 0.3) is 15.7 Å². The molecule has 2 N–H and O–H groups in total. The molecule has 0 saturated carbocycles. The number of sulfonamides is 1. The second-order valence-corrected chi connectivity index (χ2v) is 6.86. The number of halogens is 1. The summed E-state index contributed by atoms with van der Waals surface area (Å²) < 4.78 is 40.9. The number of H-pyrrole nitrogens is 1. The predicted octanol–water partition coefficient (Wildman–Crippen LogP) is 3.32. The van der Waals surface area contributed by atoms with Crippen molar-refractivity contribution < 1.29 is 17.7 Å². The molecule has 3 aromatic rings. The summed E-state index contributed by atoms with van der Waals surface area (Å²) in [4.78, 5) is 12.9. The number of aryl methyl sites for hydroxylation is 1. The van der Waals surface area contributed by atoms with E-state index in [4.69, 9.17) is 0 Å². The van der Waals surface area contributed by atoms with Crippen LogP contribution in [0.1, 0.15) is 5.56 Å². The van der Waals surface area contributed by atoms with Gasteiger partial charge in [0.15, 0.2) is 0 Å². The Kier molecular flexibility index (Phi) is 3.72. The van der Waals surface area contributed by atoms with E-state index in [2.05, 4.69) is 9.71 Å². The van der Waals surface area contributed by atoms with Gasteiger partial charge < -0.3 is 4.98 Å².